The van der Waals surface area contributed by atoms with Crippen LogP contribution in [-0.2, 0) is 20.8 Å². The molecule has 0 aromatic heterocycles. The highest BCUT2D eigenvalue weighted by Gasteiger charge is 2.62. The Morgan fingerprint density at radius 3 is 2.33 bits per heavy atom. The number of aliphatic hydroxyl groups is 2. The number of ketones is 2. The van der Waals surface area contributed by atoms with Crippen molar-refractivity contribution < 1.29 is 39.6 Å². The maximum atomic E-state index is 13.6. The predicted molar refractivity (Wildman–Crippen MR) is 115 cm³/mol. The molecule has 0 saturated heterocycles. The van der Waals surface area contributed by atoms with Crippen molar-refractivity contribution in [2.75, 3.05) is 0 Å². The summed E-state index contributed by atoms with van der Waals surface area (Å²) in [6.07, 6.45) is -0.214. The Balaban J connectivity index is 2.10. The van der Waals surface area contributed by atoms with Crippen LogP contribution in [0, 0.1) is 19.8 Å². The number of rotatable bonds is 2. The number of aliphatic hydroxyl groups excluding tert-OH is 1. The van der Waals surface area contributed by atoms with Gasteiger partial charge in [0.2, 0.25) is 11.7 Å². The Kier molecular flexibility index (Phi) is 4.75. The first kappa shape index (κ1) is 22.3. The highest BCUT2D eigenvalue weighted by atomic mass is 16.3. The number of fused-ring (bicyclic) bond motifs is 3. The molecule has 0 saturated carbocycles. The minimum Gasteiger partial charge on any atom is -0.508 e. The molecular weight excluding hydrogens is 432 g/mol. The van der Waals surface area contributed by atoms with Gasteiger partial charge in [-0.2, -0.15) is 0 Å². The molecule has 10 nitrogen and oxygen atoms in total. The molecule has 0 aliphatic heterocycles. The summed E-state index contributed by atoms with van der Waals surface area (Å²) in [4.78, 5) is 50.3. The van der Waals surface area contributed by atoms with E-state index in [4.69, 9.17) is 5.73 Å². The zero-order chi connectivity index (χ0) is 24.6. The van der Waals surface area contributed by atoms with Crippen LogP contribution < -0.4 is 11.1 Å². The average Bonchev–Trinajstić information content (AvgIpc) is 2.72. The quantitative estimate of drug-likeness (QED) is 0.350. The molecule has 10 heteroatoms. The third-order valence-corrected chi connectivity index (χ3v) is 6.68. The number of nitrogens with one attached hydrogen (secondary N) is 1. The molecule has 0 unspecified atom stereocenters. The van der Waals surface area contributed by atoms with Crippen LogP contribution in [0.4, 0.5) is 0 Å². The zero-order valence-electron chi connectivity index (χ0n) is 18.0. The molecule has 2 amide bonds. The third-order valence-electron chi connectivity index (χ3n) is 6.68. The maximum absolute atomic E-state index is 13.6. The summed E-state index contributed by atoms with van der Waals surface area (Å²) in [6.45, 7) is 4.37. The van der Waals surface area contributed by atoms with Gasteiger partial charge in [-0.1, -0.05) is 12.1 Å². The molecule has 2 aromatic rings. The fraction of sp³-hybridized carbons (Fsp3) is 0.304. The van der Waals surface area contributed by atoms with Crippen molar-refractivity contribution in [2.45, 2.75) is 38.8 Å². The summed E-state index contributed by atoms with van der Waals surface area (Å²) in [5.74, 6) is -7.74. The van der Waals surface area contributed by atoms with Crippen LogP contribution >= 0.6 is 0 Å². The van der Waals surface area contributed by atoms with Gasteiger partial charge in [-0.25, -0.2) is 0 Å². The smallest absolute Gasteiger partial charge is 0.255 e. The SMILES string of the molecule is CC(=O)N[C@H]1C(=O)C(C(N)=O)=C(O)[C@@]2(O)C(=O)c3c(c(C)c4ccc(C)c(O)c4c3O)C[C@@H]12. The number of amides is 2. The number of primary amides is 1. The van der Waals surface area contributed by atoms with E-state index in [1.165, 1.54) is 0 Å². The molecule has 0 radical (unpaired) electrons. The summed E-state index contributed by atoms with van der Waals surface area (Å²) < 4.78 is 0. The van der Waals surface area contributed by atoms with Crippen LogP contribution in [0.2, 0.25) is 0 Å². The molecule has 2 aromatic carbocycles. The molecule has 7 N–H and O–H groups in total. The Bertz CT molecular complexity index is 1340. The molecule has 33 heavy (non-hydrogen) atoms. The lowest BCUT2D eigenvalue weighted by atomic mass is 9.61. The van der Waals surface area contributed by atoms with Crippen LogP contribution in [0.5, 0.6) is 11.5 Å². The van der Waals surface area contributed by atoms with Crippen LogP contribution in [0.15, 0.2) is 23.5 Å². The first-order chi connectivity index (χ1) is 15.3. The highest BCUT2D eigenvalue weighted by molar-refractivity contribution is 6.25. The van der Waals surface area contributed by atoms with E-state index in [0.717, 1.165) is 6.92 Å². The summed E-state index contributed by atoms with van der Waals surface area (Å²) in [7, 11) is 0. The van der Waals surface area contributed by atoms with Crippen LogP contribution in [0.3, 0.4) is 0 Å². The highest BCUT2D eigenvalue weighted by Crippen LogP contribution is 2.50. The summed E-state index contributed by atoms with van der Waals surface area (Å²) in [6, 6.07) is 1.76. The van der Waals surface area contributed by atoms with Gasteiger partial charge in [0, 0.05) is 12.8 Å². The van der Waals surface area contributed by atoms with Gasteiger partial charge in [-0.05, 0) is 42.3 Å². The van der Waals surface area contributed by atoms with Crippen molar-refractivity contribution in [3.63, 3.8) is 0 Å². The fourth-order valence-electron chi connectivity index (χ4n) is 5.00. The van der Waals surface area contributed by atoms with Crippen LogP contribution in [0.25, 0.3) is 10.8 Å². The number of phenols is 2. The van der Waals surface area contributed by atoms with E-state index < -0.39 is 58.0 Å². The first-order valence-corrected chi connectivity index (χ1v) is 10.1. The van der Waals surface area contributed by atoms with E-state index in [9.17, 15) is 39.6 Å². The number of carbonyl (C=O) groups is 4. The van der Waals surface area contributed by atoms with Crippen molar-refractivity contribution in [1.29, 1.82) is 0 Å². The first-order valence-electron chi connectivity index (χ1n) is 10.1. The lowest BCUT2D eigenvalue weighted by Gasteiger charge is -2.46. The minimum absolute atomic E-state index is 0.00876. The van der Waals surface area contributed by atoms with E-state index >= 15 is 0 Å². The van der Waals surface area contributed by atoms with Crippen molar-refractivity contribution in [3.8, 4) is 11.5 Å². The Labute approximate surface area is 187 Å². The monoisotopic (exact) mass is 454 g/mol. The number of phenolic OH excluding ortho intramolecular Hbond substituents is 2. The number of aryl methyl sites for hydroxylation is 2. The summed E-state index contributed by atoms with van der Waals surface area (Å²) >= 11 is 0. The second kappa shape index (κ2) is 7.04. The fourth-order valence-corrected chi connectivity index (χ4v) is 5.00. The molecule has 0 fully saturated rings. The van der Waals surface area contributed by atoms with Crippen molar-refractivity contribution in [3.05, 3.63) is 45.7 Å². The number of hydrogen-bond donors (Lipinski definition) is 6. The van der Waals surface area contributed by atoms with Crippen molar-refractivity contribution >= 4 is 34.2 Å². The maximum Gasteiger partial charge on any atom is 0.255 e. The van der Waals surface area contributed by atoms with E-state index in [2.05, 4.69) is 5.32 Å². The third kappa shape index (κ3) is 2.77. The molecule has 2 aliphatic rings. The minimum atomic E-state index is -2.82. The Hall–Kier alpha value is -3.92. The van der Waals surface area contributed by atoms with Crippen molar-refractivity contribution in [2.24, 2.45) is 11.7 Å². The van der Waals surface area contributed by atoms with Gasteiger partial charge in [0.25, 0.3) is 5.91 Å². The summed E-state index contributed by atoms with van der Waals surface area (Å²) in [5, 5.41) is 46.5. The van der Waals surface area contributed by atoms with Gasteiger partial charge >= 0.3 is 0 Å². The van der Waals surface area contributed by atoms with E-state index in [1.807, 2.05) is 0 Å². The van der Waals surface area contributed by atoms with Gasteiger partial charge in [0.15, 0.2) is 11.4 Å². The zero-order valence-corrected chi connectivity index (χ0v) is 18.0. The molecule has 4 rings (SSSR count). The number of nitrogens with two attached hydrogens (primary N) is 1. The summed E-state index contributed by atoms with van der Waals surface area (Å²) in [5.41, 5.74) is 2.27. The second-order valence-electron chi connectivity index (χ2n) is 8.52. The number of aromatic hydroxyl groups is 2. The van der Waals surface area contributed by atoms with Gasteiger partial charge in [-0.3, -0.25) is 19.2 Å². The molecule has 2 aliphatic carbocycles. The second-order valence-corrected chi connectivity index (χ2v) is 8.52. The molecule has 0 heterocycles. The predicted octanol–water partition coefficient (Wildman–Crippen LogP) is 0.339. The number of benzene rings is 2. The molecular formula is C23H22N2O8. The van der Waals surface area contributed by atoms with Crippen molar-refractivity contribution in [1.82, 2.24) is 5.32 Å². The van der Waals surface area contributed by atoms with Gasteiger partial charge in [0.05, 0.1) is 17.0 Å². The van der Waals surface area contributed by atoms with Crippen LogP contribution in [0.1, 0.15) is 34.0 Å². The van der Waals surface area contributed by atoms with E-state index in [-0.39, 0.29) is 28.7 Å². The largest absolute Gasteiger partial charge is 0.508 e. The van der Waals surface area contributed by atoms with Crippen LogP contribution in [-0.4, -0.2) is 55.4 Å². The average molecular weight is 454 g/mol. The van der Waals surface area contributed by atoms with E-state index in [0.29, 0.717) is 16.5 Å². The van der Waals surface area contributed by atoms with Gasteiger partial charge in [0.1, 0.15) is 22.8 Å². The molecule has 0 spiro atoms. The molecule has 3 atom stereocenters. The van der Waals surface area contributed by atoms with Gasteiger partial charge in [-0.15, -0.1) is 0 Å². The van der Waals surface area contributed by atoms with Gasteiger partial charge < -0.3 is 31.5 Å². The lowest BCUT2D eigenvalue weighted by molar-refractivity contribution is -0.133. The van der Waals surface area contributed by atoms with E-state index in [1.54, 1.807) is 26.0 Å². The number of Topliss-reactive ketones (excluding diaryl/α,β-unsaturated/α-hetero) is 2. The topological polar surface area (TPSA) is 187 Å². The molecule has 0 bridgehead atoms. The molecule has 172 valence electrons. The lowest BCUT2D eigenvalue weighted by Crippen LogP contribution is -2.65. The number of hydrogen-bond acceptors (Lipinski definition) is 8. The standard InChI is InChI=1S/C23H22N2O8/c1-7-4-5-10-8(2)11-6-12-16(25-9(3)26)19(29)15(22(24)32)21(31)23(12,33)20(30)14(11)18(28)13(10)17(7)27/h4-5,12,16,27-28,31,33H,6H2,1-3H3,(H2,24,32)(H,25,26)/t12-,16+,23-/m0/s1. The number of carbonyl (C=O) groups excluding carboxylic acids is 4. The Morgan fingerprint density at radius 1 is 1.12 bits per heavy atom. The Morgan fingerprint density at radius 2 is 1.76 bits per heavy atom. The normalized spacial score (nSPS) is 24.5.